The zero-order chi connectivity index (χ0) is 6.20. The highest BCUT2D eigenvalue weighted by molar-refractivity contribution is 6.63. The van der Waals surface area contributed by atoms with Gasteiger partial charge in [0.2, 0.25) is 5.24 Å². The van der Waals surface area contributed by atoms with E-state index in [1.807, 2.05) is 0 Å². The fraction of sp³-hybridized carbons (Fsp3) is 0.800. The summed E-state index contributed by atoms with van der Waals surface area (Å²) < 4.78 is 0. The maximum absolute atomic E-state index is 10.2. The molecule has 46 valence electrons. The summed E-state index contributed by atoms with van der Waals surface area (Å²) in [6.45, 7) is 0. The van der Waals surface area contributed by atoms with Crippen molar-refractivity contribution in [1.82, 2.24) is 0 Å². The first kappa shape index (κ1) is 6.05. The van der Waals surface area contributed by atoms with Crippen molar-refractivity contribution in [2.75, 3.05) is 0 Å². The predicted molar refractivity (Wildman–Crippen MR) is 31.6 cm³/mol. The summed E-state index contributed by atoms with van der Waals surface area (Å²) in [5.41, 5.74) is 5.33. The van der Waals surface area contributed by atoms with E-state index in [0.29, 0.717) is 6.42 Å². The normalized spacial score (nSPS) is 22.8. The number of halogens is 1. The fourth-order valence-electron chi connectivity index (χ4n) is 0.614. The molecule has 0 radical (unpaired) electrons. The van der Waals surface area contributed by atoms with E-state index in [9.17, 15) is 4.79 Å². The highest BCUT2D eigenvalue weighted by Gasteiger charge is 2.39. The number of rotatable bonds is 2. The van der Waals surface area contributed by atoms with Crippen molar-refractivity contribution in [3.05, 3.63) is 0 Å². The van der Waals surface area contributed by atoms with Crippen molar-refractivity contribution < 1.29 is 4.79 Å². The minimum atomic E-state index is -0.315. The molecule has 0 unspecified atom stereocenters. The molecule has 1 fully saturated rings. The lowest BCUT2D eigenvalue weighted by atomic mass is 10.2. The molecule has 0 aromatic heterocycles. The summed E-state index contributed by atoms with van der Waals surface area (Å²) >= 11 is 5.08. The van der Waals surface area contributed by atoms with E-state index >= 15 is 0 Å². The lowest BCUT2D eigenvalue weighted by Gasteiger charge is -2.00. The molecule has 0 bridgehead atoms. The van der Waals surface area contributed by atoms with Crippen molar-refractivity contribution >= 4 is 16.8 Å². The second-order valence-corrected chi connectivity index (χ2v) is 2.82. The summed E-state index contributed by atoms with van der Waals surface area (Å²) in [6, 6.07) is 0. The maximum Gasteiger partial charge on any atom is 0.223 e. The summed E-state index contributed by atoms with van der Waals surface area (Å²) in [4.78, 5) is 10.2. The summed E-state index contributed by atoms with van der Waals surface area (Å²) in [7, 11) is 0. The molecule has 1 rings (SSSR count). The molecule has 0 aromatic rings. The highest BCUT2D eigenvalue weighted by atomic mass is 35.5. The molecule has 3 heteroatoms. The van der Waals surface area contributed by atoms with Gasteiger partial charge in [0.25, 0.3) is 0 Å². The lowest BCUT2D eigenvalue weighted by Crippen LogP contribution is -2.23. The zero-order valence-electron chi connectivity index (χ0n) is 4.48. The Hall–Kier alpha value is -0.0800. The van der Waals surface area contributed by atoms with E-state index in [-0.39, 0.29) is 10.8 Å². The summed E-state index contributed by atoms with van der Waals surface area (Å²) in [6.07, 6.45) is 2.24. The molecule has 0 atom stereocenters. The zero-order valence-corrected chi connectivity index (χ0v) is 5.24. The van der Waals surface area contributed by atoms with Crippen molar-refractivity contribution in [3.8, 4) is 0 Å². The van der Waals surface area contributed by atoms with Crippen LogP contribution in [0.2, 0.25) is 0 Å². The Kier molecular flexibility index (Phi) is 1.29. The van der Waals surface area contributed by atoms with E-state index in [0.717, 1.165) is 12.8 Å². The van der Waals surface area contributed by atoms with Crippen LogP contribution in [0.1, 0.15) is 19.3 Å². The first-order chi connectivity index (χ1) is 3.62. The van der Waals surface area contributed by atoms with Gasteiger partial charge in [-0.2, -0.15) is 0 Å². The van der Waals surface area contributed by atoms with Gasteiger partial charge in [-0.15, -0.1) is 0 Å². The predicted octanol–water partition coefficient (Wildman–Crippen LogP) is 0.633. The van der Waals surface area contributed by atoms with Gasteiger partial charge < -0.3 is 5.73 Å². The largest absolute Gasteiger partial charge is 0.325 e. The Balaban J connectivity index is 2.29. The van der Waals surface area contributed by atoms with Crippen LogP contribution < -0.4 is 5.73 Å². The molecule has 1 aliphatic rings. The molecular formula is C5H8ClNO. The number of hydrogen-bond donors (Lipinski definition) is 1. The molecule has 1 saturated carbocycles. The van der Waals surface area contributed by atoms with Crippen LogP contribution in [-0.4, -0.2) is 10.8 Å². The first-order valence-corrected chi connectivity index (χ1v) is 2.97. The van der Waals surface area contributed by atoms with Crippen molar-refractivity contribution in [2.24, 2.45) is 5.73 Å². The van der Waals surface area contributed by atoms with Crippen LogP contribution in [0.15, 0.2) is 0 Å². The molecule has 8 heavy (non-hydrogen) atoms. The van der Waals surface area contributed by atoms with E-state index in [1.165, 1.54) is 0 Å². The minimum absolute atomic E-state index is 0.209. The Morgan fingerprint density at radius 2 is 2.25 bits per heavy atom. The molecule has 0 aliphatic heterocycles. The smallest absolute Gasteiger partial charge is 0.223 e. The molecule has 2 nitrogen and oxygen atoms in total. The Morgan fingerprint density at radius 1 is 1.75 bits per heavy atom. The lowest BCUT2D eigenvalue weighted by molar-refractivity contribution is -0.112. The van der Waals surface area contributed by atoms with Gasteiger partial charge in [-0.1, -0.05) is 0 Å². The van der Waals surface area contributed by atoms with Crippen LogP contribution in [-0.2, 0) is 4.79 Å². The van der Waals surface area contributed by atoms with Crippen LogP contribution in [0.3, 0.4) is 0 Å². The molecule has 0 heterocycles. The summed E-state index contributed by atoms with van der Waals surface area (Å²) in [5.74, 6) is 0. The third-order valence-corrected chi connectivity index (χ3v) is 1.52. The van der Waals surface area contributed by atoms with Gasteiger partial charge >= 0.3 is 0 Å². The SMILES string of the molecule is NC1(CC(=O)Cl)CC1. The molecule has 0 saturated heterocycles. The second kappa shape index (κ2) is 1.71. The van der Waals surface area contributed by atoms with Crippen LogP contribution in [0, 0.1) is 0 Å². The van der Waals surface area contributed by atoms with Crippen molar-refractivity contribution in [1.29, 1.82) is 0 Å². The number of nitrogens with two attached hydrogens (primary N) is 1. The Bertz CT molecular complexity index is 120. The van der Waals surface area contributed by atoms with E-state index in [4.69, 9.17) is 17.3 Å². The monoisotopic (exact) mass is 133 g/mol. The molecule has 0 aromatic carbocycles. The quantitative estimate of drug-likeness (QED) is 0.562. The molecule has 2 N–H and O–H groups in total. The van der Waals surface area contributed by atoms with E-state index in [1.54, 1.807) is 0 Å². The third kappa shape index (κ3) is 1.46. The Morgan fingerprint density at radius 3 is 2.38 bits per heavy atom. The standard InChI is InChI=1S/C5H8ClNO/c6-4(8)3-5(7)1-2-5/h1-3,7H2. The molecule has 0 amide bonds. The van der Waals surface area contributed by atoms with Crippen molar-refractivity contribution in [3.63, 3.8) is 0 Å². The molecular weight excluding hydrogens is 126 g/mol. The van der Waals surface area contributed by atoms with Gasteiger partial charge in [-0.05, 0) is 24.4 Å². The van der Waals surface area contributed by atoms with Crippen LogP contribution >= 0.6 is 11.6 Å². The number of carbonyl (C=O) groups excluding carboxylic acids is 1. The van der Waals surface area contributed by atoms with E-state index in [2.05, 4.69) is 0 Å². The van der Waals surface area contributed by atoms with Gasteiger partial charge in [0, 0.05) is 12.0 Å². The average molecular weight is 134 g/mol. The highest BCUT2D eigenvalue weighted by Crippen LogP contribution is 2.35. The minimum Gasteiger partial charge on any atom is -0.325 e. The van der Waals surface area contributed by atoms with Gasteiger partial charge in [0.15, 0.2) is 0 Å². The maximum atomic E-state index is 10.2. The van der Waals surface area contributed by atoms with Gasteiger partial charge in [0.05, 0.1) is 0 Å². The van der Waals surface area contributed by atoms with Crippen LogP contribution in [0.25, 0.3) is 0 Å². The Labute approximate surface area is 53.0 Å². The molecule has 1 aliphatic carbocycles. The fourth-order valence-corrected chi connectivity index (χ4v) is 0.880. The van der Waals surface area contributed by atoms with Crippen LogP contribution in [0.4, 0.5) is 0 Å². The number of hydrogen-bond acceptors (Lipinski definition) is 2. The second-order valence-electron chi connectivity index (χ2n) is 2.39. The number of carbonyl (C=O) groups is 1. The van der Waals surface area contributed by atoms with Gasteiger partial charge in [-0.25, -0.2) is 0 Å². The van der Waals surface area contributed by atoms with Gasteiger partial charge in [0.1, 0.15) is 0 Å². The topological polar surface area (TPSA) is 43.1 Å². The van der Waals surface area contributed by atoms with Gasteiger partial charge in [-0.3, -0.25) is 4.79 Å². The molecule has 0 spiro atoms. The van der Waals surface area contributed by atoms with E-state index < -0.39 is 0 Å². The third-order valence-electron chi connectivity index (χ3n) is 1.38. The first-order valence-electron chi connectivity index (χ1n) is 2.60. The average Bonchev–Trinajstić information content (AvgIpc) is 2.17. The van der Waals surface area contributed by atoms with Crippen LogP contribution in [0.5, 0.6) is 0 Å². The summed E-state index contributed by atoms with van der Waals surface area (Å²) in [5, 5.41) is -0.315. The van der Waals surface area contributed by atoms with Crippen molar-refractivity contribution in [2.45, 2.75) is 24.8 Å².